The van der Waals surface area contributed by atoms with Crippen LogP contribution in [0.2, 0.25) is 5.28 Å². The first-order valence-corrected chi connectivity index (χ1v) is 16.0. The van der Waals surface area contributed by atoms with Gasteiger partial charge in [0.15, 0.2) is 23.9 Å². The number of nitrogens with two attached hydrogens (primary N) is 1. The van der Waals surface area contributed by atoms with E-state index < -0.39 is 55.2 Å². The Balaban J connectivity index is 1.29. The molecule has 3 aromatic heterocycles. The van der Waals surface area contributed by atoms with Gasteiger partial charge in [-0.25, -0.2) is 19.0 Å². The third kappa shape index (κ3) is 5.52. The van der Waals surface area contributed by atoms with E-state index >= 15 is 4.39 Å². The number of ether oxygens (including phenoxy) is 2. The lowest BCUT2D eigenvalue weighted by molar-refractivity contribution is -0.149. The summed E-state index contributed by atoms with van der Waals surface area (Å²) in [6, 6.07) is 7.26. The molecule has 16 nitrogen and oxygen atoms in total. The molecule has 1 aliphatic heterocycles. The van der Waals surface area contributed by atoms with Gasteiger partial charge in [-0.3, -0.25) is 13.9 Å². The Morgan fingerprint density at radius 1 is 1.29 bits per heavy atom. The van der Waals surface area contributed by atoms with Crippen LogP contribution in [0, 0.1) is 11.3 Å². The topological polar surface area (TPSA) is 207 Å². The Labute approximate surface area is 261 Å². The van der Waals surface area contributed by atoms with E-state index in [1.165, 1.54) is 17.8 Å². The number of tetrazole rings is 1. The van der Waals surface area contributed by atoms with Crippen molar-refractivity contribution in [3.63, 3.8) is 0 Å². The fraction of sp³-hybridized carbons (Fsp3) is 0.500. The normalized spacial score (nSPS) is 27.7. The van der Waals surface area contributed by atoms with Gasteiger partial charge in [0.25, 0.3) is 0 Å². The zero-order chi connectivity index (χ0) is 32.1. The highest BCUT2D eigenvalue weighted by Gasteiger charge is 2.85. The Morgan fingerprint density at radius 2 is 2.04 bits per heavy atom. The fourth-order valence-electron chi connectivity index (χ4n) is 6.05. The van der Waals surface area contributed by atoms with E-state index in [-0.39, 0.29) is 41.0 Å². The number of carbonyl (C=O) groups is 1. The van der Waals surface area contributed by atoms with Crippen LogP contribution in [0.1, 0.15) is 39.7 Å². The number of rotatable bonds is 12. The SMILES string of the molecule is CC(C)OC(=O)[C@H](C)NP(=O)(OC[C@H]1C2(C)O[C@@H](n3cnc4c(N)nc(Cl)nc43)C(F)C12Cc1nnn[nH]1)Oc1ccccc1. The van der Waals surface area contributed by atoms with Crippen molar-refractivity contribution in [2.75, 3.05) is 12.3 Å². The van der Waals surface area contributed by atoms with Crippen molar-refractivity contribution >= 4 is 42.3 Å². The number of fused-ring (bicyclic) bond motifs is 2. The highest BCUT2D eigenvalue weighted by Crippen LogP contribution is 2.75. The molecule has 45 heavy (non-hydrogen) atoms. The number of para-hydroxylation sites is 1. The van der Waals surface area contributed by atoms with Crippen LogP contribution < -0.4 is 15.3 Å². The predicted octanol–water partition coefficient (Wildman–Crippen LogP) is 3.19. The number of nitrogens with zero attached hydrogens (tertiary/aromatic N) is 7. The second-order valence-corrected chi connectivity index (χ2v) is 13.4. The van der Waals surface area contributed by atoms with Gasteiger partial charge in [0, 0.05) is 12.3 Å². The average Bonchev–Trinajstić information content (AvgIpc) is 3.47. The van der Waals surface area contributed by atoms with Gasteiger partial charge in [-0.15, -0.1) is 5.10 Å². The number of carbonyl (C=O) groups excluding carboxylic acids is 1. The summed E-state index contributed by atoms with van der Waals surface area (Å²) in [7, 11) is -4.24. The van der Waals surface area contributed by atoms with Crippen LogP contribution in [0.5, 0.6) is 5.75 Å². The van der Waals surface area contributed by atoms with Gasteiger partial charge >= 0.3 is 13.7 Å². The number of alkyl halides is 1. The van der Waals surface area contributed by atoms with E-state index in [0.717, 1.165) is 0 Å². The molecule has 1 aromatic carbocycles. The number of imidazole rings is 1. The van der Waals surface area contributed by atoms with Crippen LogP contribution in [-0.2, 0) is 29.8 Å². The first-order valence-electron chi connectivity index (χ1n) is 14.0. The van der Waals surface area contributed by atoms with Crippen molar-refractivity contribution in [1.82, 2.24) is 45.2 Å². The fourth-order valence-corrected chi connectivity index (χ4v) is 7.72. The van der Waals surface area contributed by atoms with Crippen LogP contribution in [0.4, 0.5) is 10.2 Å². The van der Waals surface area contributed by atoms with E-state index in [2.05, 4.69) is 40.7 Å². The lowest BCUT2D eigenvalue weighted by atomic mass is 9.91. The van der Waals surface area contributed by atoms with Crippen LogP contribution in [0.15, 0.2) is 36.7 Å². The number of nitrogens with one attached hydrogen (secondary N) is 2. The van der Waals surface area contributed by atoms with Gasteiger partial charge in [0.05, 0.1) is 30.1 Å². The quantitative estimate of drug-likeness (QED) is 0.113. The summed E-state index contributed by atoms with van der Waals surface area (Å²) in [5, 5.41) is 16.4. The number of hydrogen-bond donors (Lipinski definition) is 3. The molecule has 240 valence electrons. The molecule has 0 amide bonds. The van der Waals surface area contributed by atoms with Gasteiger partial charge < -0.3 is 19.7 Å². The summed E-state index contributed by atoms with van der Waals surface area (Å²) in [6.45, 7) is 6.32. The zero-order valence-electron chi connectivity index (χ0n) is 24.6. The van der Waals surface area contributed by atoms with E-state index in [1.807, 2.05) is 0 Å². The number of anilines is 1. The van der Waals surface area contributed by atoms with Crippen molar-refractivity contribution < 1.29 is 32.3 Å². The highest BCUT2D eigenvalue weighted by atomic mass is 35.5. The minimum Gasteiger partial charge on any atom is -0.462 e. The van der Waals surface area contributed by atoms with Crippen LogP contribution in [0.25, 0.3) is 11.2 Å². The molecule has 19 heteroatoms. The number of aromatic amines is 1. The molecule has 4 heterocycles. The van der Waals surface area contributed by atoms with Crippen LogP contribution in [-0.4, -0.2) is 76.6 Å². The highest BCUT2D eigenvalue weighted by molar-refractivity contribution is 7.52. The standard InChI is InChI=1S/C26H31ClFN10O6P/c1-13(2)42-23(39)14(3)35-45(40,44-15-8-6-5-7-9-15)41-11-16-25(4)26(16,10-17-33-36-37-34-17)19(28)22(43-25)38-12-30-18-20(29)31-24(27)32-21(18)38/h5-9,12-14,16,19,22H,10-11H2,1-4H3,(H,35,40)(H2,29,31,32)(H,33,34,36,37)/t14-,16-,19?,22+,25?,26?,45?/m0/s1. The van der Waals surface area contributed by atoms with E-state index in [0.29, 0.717) is 5.82 Å². The Bertz CT molecular complexity index is 1750. The summed E-state index contributed by atoms with van der Waals surface area (Å²) >= 11 is 6.03. The summed E-state index contributed by atoms with van der Waals surface area (Å²) < 4.78 is 55.7. The molecule has 1 saturated carbocycles. The number of esters is 1. The Kier molecular flexibility index (Phi) is 8.02. The number of halogens is 2. The summed E-state index contributed by atoms with van der Waals surface area (Å²) in [5.74, 6) is -0.731. The molecule has 7 atom stereocenters. The lowest BCUT2D eigenvalue weighted by Crippen LogP contribution is -2.36. The van der Waals surface area contributed by atoms with Gasteiger partial charge in [0.1, 0.15) is 23.1 Å². The van der Waals surface area contributed by atoms with Crippen molar-refractivity contribution in [2.45, 2.75) is 64.3 Å². The maximum atomic E-state index is 16.9. The molecule has 0 radical (unpaired) electrons. The minimum absolute atomic E-state index is 0.0289. The molecular formula is C26H31ClFN10O6P. The number of benzene rings is 1. The third-order valence-electron chi connectivity index (χ3n) is 8.22. The van der Waals surface area contributed by atoms with E-state index in [9.17, 15) is 9.36 Å². The van der Waals surface area contributed by atoms with E-state index in [4.69, 9.17) is 35.9 Å². The van der Waals surface area contributed by atoms with Crippen LogP contribution >= 0.6 is 19.3 Å². The minimum atomic E-state index is -4.24. The zero-order valence-corrected chi connectivity index (χ0v) is 26.3. The van der Waals surface area contributed by atoms with Gasteiger partial charge in [-0.2, -0.15) is 15.1 Å². The number of H-pyrrole nitrogens is 1. The third-order valence-corrected chi connectivity index (χ3v) is 10.0. The number of hydrogen-bond acceptors (Lipinski definition) is 13. The smallest absolute Gasteiger partial charge is 0.459 e. The molecule has 0 bridgehead atoms. The van der Waals surface area contributed by atoms with Crippen molar-refractivity contribution in [2.24, 2.45) is 11.3 Å². The van der Waals surface area contributed by atoms with Crippen molar-refractivity contribution in [1.29, 1.82) is 0 Å². The van der Waals surface area contributed by atoms with Crippen molar-refractivity contribution in [3.8, 4) is 5.75 Å². The molecule has 6 rings (SSSR count). The number of aromatic nitrogens is 8. The summed E-state index contributed by atoms with van der Waals surface area (Å²) in [5.41, 5.74) is 3.97. The second-order valence-electron chi connectivity index (χ2n) is 11.4. The van der Waals surface area contributed by atoms with Gasteiger partial charge in [-0.05, 0) is 61.9 Å². The van der Waals surface area contributed by atoms with E-state index in [1.54, 1.807) is 51.1 Å². The average molecular weight is 665 g/mol. The second kappa shape index (κ2) is 11.6. The molecule has 4 aromatic rings. The predicted molar refractivity (Wildman–Crippen MR) is 156 cm³/mol. The van der Waals surface area contributed by atoms with Gasteiger partial charge in [0.2, 0.25) is 5.28 Å². The maximum absolute atomic E-state index is 16.9. The first kappa shape index (κ1) is 31.2. The van der Waals surface area contributed by atoms with Gasteiger partial charge in [-0.1, -0.05) is 18.2 Å². The summed E-state index contributed by atoms with van der Waals surface area (Å²) in [4.78, 5) is 24.9. The Hall–Kier alpha value is -3.76. The first-order chi connectivity index (χ1) is 21.4. The molecular weight excluding hydrogens is 634 g/mol. The number of nitrogen functional groups attached to an aromatic ring is 1. The summed E-state index contributed by atoms with van der Waals surface area (Å²) in [6.07, 6.45) is -1.88. The lowest BCUT2D eigenvalue weighted by Gasteiger charge is -2.26. The molecule has 2 aliphatic rings. The largest absolute Gasteiger partial charge is 0.462 e. The molecule has 1 aliphatic carbocycles. The molecule has 4 N–H and O–H groups in total. The molecule has 0 spiro atoms. The Morgan fingerprint density at radius 3 is 2.73 bits per heavy atom. The maximum Gasteiger partial charge on any atom is 0.459 e. The molecule has 1 saturated heterocycles. The molecule has 2 fully saturated rings. The molecule has 4 unspecified atom stereocenters. The van der Waals surface area contributed by atoms with Crippen molar-refractivity contribution in [3.05, 3.63) is 47.8 Å². The van der Waals surface area contributed by atoms with Crippen LogP contribution in [0.3, 0.4) is 0 Å². The monoisotopic (exact) mass is 664 g/mol.